The third-order valence-electron chi connectivity index (χ3n) is 14.8. The number of hydrogen-bond acceptors (Lipinski definition) is 13. The number of aliphatic hydroxyl groups excluding tert-OH is 5. The molecule has 8 atom stereocenters. The Morgan fingerprint density at radius 2 is 0.986 bits per heavy atom. The second-order valence-electron chi connectivity index (χ2n) is 21.1. The number of carbonyl (C=O) groups is 3. The van der Waals surface area contributed by atoms with Gasteiger partial charge in [-0.15, -0.1) is 0 Å². The summed E-state index contributed by atoms with van der Waals surface area (Å²) in [4.78, 5) is 39.8. The van der Waals surface area contributed by atoms with Crippen molar-refractivity contribution in [3.05, 3.63) is 35.9 Å². The maximum atomic E-state index is 14.1. The van der Waals surface area contributed by atoms with Crippen molar-refractivity contribution in [2.24, 2.45) is 0 Å². The van der Waals surface area contributed by atoms with Crippen LogP contribution >= 0.6 is 0 Å². The van der Waals surface area contributed by atoms with Crippen LogP contribution in [-0.4, -0.2) is 117 Å². The van der Waals surface area contributed by atoms with Gasteiger partial charge in [-0.25, -0.2) is 9.59 Å². The molecule has 7 N–H and O–H groups in total. The molecule has 14 heteroatoms. The molecule has 1 aromatic carbocycles. The minimum absolute atomic E-state index is 0.00514. The Kier molecular flexibility index (Phi) is 39.5. The molecule has 1 aliphatic heterocycles. The quantitative estimate of drug-likeness (QED) is 0.0184. The van der Waals surface area contributed by atoms with Gasteiger partial charge in [-0.2, -0.15) is 0 Å². The molecular formula is C59H105NO13. The van der Waals surface area contributed by atoms with E-state index >= 15 is 0 Å². The molecule has 0 spiro atoms. The summed E-state index contributed by atoms with van der Waals surface area (Å²) in [6.07, 6.45) is 30.3. The Labute approximate surface area is 441 Å². The van der Waals surface area contributed by atoms with Gasteiger partial charge in [-0.3, -0.25) is 4.79 Å². The minimum atomic E-state index is -2.32. The number of alkyl carbamates (subject to hydrolysis) is 1. The number of aliphatic hydroxyl groups is 6. The zero-order valence-electron chi connectivity index (χ0n) is 45.8. The lowest BCUT2D eigenvalue weighted by molar-refractivity contribution is -0.303. The van der Waals surface area contributed by atoms with Crippen molar-refractivity contribution in [3.63, 3.8) is 0 Å². The first-order chi connectivity index (χ1) is 35.5. The predicted molar refractivity (Wildman–Crippen MR) is 288 cm³/mol. The summed E-state index contributed by atoms with van der Waals surface area (Å²) in [5.74, 6) is -1.32. The molecule has 2 rings (SSSR count). The van der Waals surface area contributed by atoms with Crippen molar-refractivity contribution in [1.29, 1.82) is 0 Å². The lowest BCUT2D eigenvalue weighted by Crippen LogP contribution is -2.62. The van der Waals surface area contributed by atoms with Crippen LogP contribution in [0.1, 0.15) is 262 Å². The molecule has 0 aliphatic carbocycles. The maximum absolute atomic E-state index is 14.1. The van der Waals surface area contributed by atoms with E-state index in [1.54, 1.807) is 18.2 Å². The monoisotopic (exact) mass is 1040 g/mol. The number of esters is 1. The summed E-state index contributed by atoms with van der Waals surface area (Å²) < 4.78 is 21.4. The van der Waals surface area contributed by atoms with E-state index in [1.165, 1.54) is 166 Å². The summed E-state index contributed by atoms with van der Waals surface area (Å²) in [7, 11) is 0. The van der Waals surface area contributed by atoms with Crippen LogP contribution in [0.5, 0.6) is 0 Å². The van der Waals surface area contributed by atoms with Gasteiger partial charge in [0.1, 0.15) is 30.5 Å². The molecular weight excluding hydrogens is 931 g/mol. The van der Waals surface area contributed by atoms with Crippen LogP contribution in [0, 0.1) is 0 Å². The van der Waals surface area contributed by atoms with Gasteiger partial charge in [-0.05, 0) is 25.0 Å². The third-order valence-corrected chi connectivity index (χ3v) is 14.8. The number of amides is 1. The first-order valence-corrected chi connectivity index (χ1v) is 29.5. The van der Waals surface area contributed by atoms with E-state index in [0.717, 1.165) is 51.4 Å². The Morgan fingerprint density at radius 1 is 0.575 bits per heavy atom. The molecule has 1 aromatic rings. The number of Topliss-reactive ketones (excluding diaryl/α,β-unsaturated/α-hetero) is 1. The fourth-order valence-corrected chi connectivity index (χ4v) is 9.91. The number of nitrogens with one attached hydrogen (secondary N) is 1. The van der Waals surface area contributed by atoms with Crippen LogP contribution in [-0.2, 0) is 23.7 Å². The van der Waals surface area contributed by atoms with Crippen molar-refractivity contribution in [2.75, 3.05) is 20.0 Å². The van der Waals surface area contributed by atoms with Crippen molar-refractivity contribution in [2.45, 2.75) is 300 Å². The number of rotatable bonds is 48. The van der Waals surface area contributed by atoms with Crippen molar-refractivity contribution >= 4 is 17.8 Å². The van der Waals surface area contributed by atoms with E-state index in [1.807, 2.05) is 0 Å². The molecule has 14 nitrogen and oxygen atoms in total. The Bertz CT molecular complexity index is 1490. The molecule has 424 valence electrons. The van der Waals surface area contributed by atoms with Crippen LogP contribution < -0.4 is 5.32 Å². The minimum Gasteiger partial charge on any atom is -0.424 e. The lowest BCUT2D eigenvalue weighted by atomic mass is 9.80. The Morgan fingerprint density at radius 3 is 1.41 bits per heavy atom. The maximum Gasteiger partial charge on any atom is 0.410 e. The van der Waals surface area contributed by atoms with Gasteiger partial charge in [0, 0.05) is 6.42 Å². The normalized spacial score (nSPS) is 19.5. The van der Waals surface area contributed by atoms with Gasteiger partial charge in [0.05, 0.1) is 24.8 Å². The molecule has 0 radical (unpaired) electrons. The number of hydrogen-bond donors (Lipinski definition) is 7. The Hall–Kier alpha value is -2.69. The van der Waals surface area contributed by atoms with E-state index in [-0.39, 0.29) is 18.4 Å². The molecule has 1 heterocycles. The van der Waals surface area contributed by atoms with Crippen molar-refractivity contribution < 1.29 is 64.0 Å². The fourth-order valence-electron chi connectivity index (χ4n) is 9.91. The molecule has 0 bridgehead atoms. The van der Waals surface area contributed by atoms with E-state index in [0.29, 0.717) is 19.3 Å². The molecule has 0 aromatic heterocycles. The average Bonchev–Trinajstić information content (AvgIpc) is 3.39. The number of benzene rings is 1. The zero-order valence-corrected chi connectivity index (χ0v) is 45.8. The van der Waals surface area contributed by atoms with E-state index in [9.17, 15) is 45.0 Å². The zero-order chi connectivity index (χ0) is 53.2. The predicted octanol–water partition coefficient (Wildman–Crippen LogP) is 11.8. The Balaban J connectivity index is 1.92. The summed E-state index contributed by atoms with van der Waals surface area (Å²) in [5, 5.41) is 67.8. The van der Waals surface area contributed by atoms with Gasteiger partial charge in [0.25, 0.3) is 0 Å². The molecule has 73 heavy (non-hydrogen) atoms. The standard InChI is InChI=1S/C59H105NO13/c1-3-5-7-9-11-13-15-17-18-19-20-21-22-23-24-25-26-27-28-30-32-34-39-43-51(62)59(69,44-40-35-33-31-29-16-14-12-10-8-6-4-2)55(66)49(46-70-57-54(65)53(64)52(63)50(45-61)73-57)60-58(68)72-47-71-56(67)48-41-37-36-38-42-48/h36-38,41-42,49-50,52-55,57,61,63-66,69H,3-35,39-40,43-47H2,1-2H3,(H,60,68)/t49-,50+,52-,53-,54+,55-,57-,59-/m0/s1. The van der Waals surface area contributed by atoms with Gasteiger partial charge in [-0.1, -0.05) is 250 Å². The smallest absolute Gasteiger partial charge is 0.410 e. The highest BCUT2D eigenvalue weighted by molar-refractivity contribution is 5.89. The number of unbranched alkanes of at least 4 members (excludes halogenated alkanes) is 33. The molecule has 1 fully saturated rings. The highest BCUT2D eigenvalue weighted by atomic mass is 16.7. The summed E-state index contributed by atoms with van der Waals surface area (Å²) >= 11 is 0. The fraction of sp³-hybridized carbons (Fsp3) is 0.847. The molecule has 1 saturated heterocycles. The second kappa shape index (κ2) is 43.4. The van der Waals surface area contributed by atoms with E-state index in [4.69, 9.17) is 18.9 Å². The van der Waals surface area contributed by atoms with Crippen LogP contribution in [0.2, 0.25) is 0 Å². The van der Waals surface area contributed by atoms with Crippen LogP contribution in [0.25, 0.3) is 0 Å². The lowest BCUT2D eigenvalue weighted by Gasteiger charge is -2.41. The van der Waals surface area contributed by atoms with Crippen LogP contribution in [0.15, 0.2) is 30.3 Å². The van der Waals surface area contributed by atoms with Crippen LogP contribution in [0.4, 0.5) is 4.79 Å². The van der Waals surface area contributed by atoms with Gasteiger partial charge >= 0.3 is 12.1 Å². The molecule has 1 aliphatic rings. The number of ketones is 1. The van der Waals surface area contributed by atoms with Gasteiger partial charge in [0.15, 0.2) is 17.7 Å². The van der Waals surface area contributed by atoms with Gasteiger partial charge < -0.3 is 54.9 Å². The molecule has 0 saturated carbocycles. The van der Waals surface area contributed by atoms with Crippen molar-refractivity contribution in [3.8, 4) is 0 Å². The van der Waals surface area contributed by atoms with E-state index in [2.05, 4.69) is 19.2 Å². The average molecular weight is 1040 g/mol. The summed E-state index contributed by atoms with van der Waals surface area (Å²) in [5.41, 5.74) is -2.09. The SMILES string of the molecule is CCCCCCCCCCCCCCCCCCCCCCCCCC(=O)[C@@](O)(CCCCCCCCCCCCCC)[C@@H](O)[C@H](CO[C@H]1O[C@H](CO)[C@H](O)[C@H](O)[C@H]1O)NC(=O)OCOC(=O)c1ccccc1. The summed E-state index contributed by atoms with van der Waals surface area (Å²) in [6.45, 7) is 2.31. The summed E-state index contributed by atoms with van der Waals surface area (Å²) in [6, 6.07) is 6.53. The largest absolute Gasteiger partial charge is 0.424 e. The number of carbonyl (C=O) groups excluding carboxylic acids is 3. The van der Waals surface area contributed by atoms with Gasteiger partial charge in [0.2, 0.25) is 6.79 Å². The van der Waals surface area contributed by atoms with Crippen LogP contribution in [0.3, 0.4) is 0 Å². The van der Waals surface area contributed by atoms with E-state index < -0.39 is 86.3 Å². The highest BCUT2D eigenvalue weighted by Gasteiger charge is 2.48. The molecule has 1 amide bonds. The first kappa shape index (κ1) is 66.4. The van der Waals surface area contributed by atoms with Crippen molar-refractivity contribution in [1.82, 2.24) is 5.32 Å². The first-order valence-electron chi connectivity index (χ1n) is 29.5. The topological polar surface area (TPSA) is 222 Å². The molecule has 0 unspecified atom stereocenters. The third kappa shape index (κ3) is 30.0. The number of ether oxygens (including phenoxy) is 4. The highest BCUT2D eigenvalue weighted by Crippen LogP contribution is 2.29. The second-order valence-corrected chi connectivity index (χ2v) is 21.1.